The van der Waals surface area contributed by atoms with Gasteiger partial charge in [0.15, 0.2) is 11.6 Å². The van der Waals surface area contributed by atoms with E-state index in [1.165, 1.54) is 12.2 Å². The summed E-state index contributed by atoms with van der Waals surface area (Å²) in [4.78, 5) is 24.2. The molecule has 1 atom stereocenters. The number of rotatable bonds is 7. The molecule has 0 aromatic heterocycles. The van der Waals surface area contributed by atoms with E-state index < -0.39 is 10.8 Å². The Morgan fingerprint density at radius 2 is 1.29 bits per heavy atom. The minimum absolute atomic E-state index is 0.0341. The van der Waals surface area contributed by atoms with E-state index in [4.69, 9.17) is 6.42 Å². The SMILES string of the molecule is C#CC(C)C(C)(C)C(=O)C=CC=CC(=O)C(C)(C)C(C)C. The van der Waals surface area contributed by atoms with Crippen molar-refractivity contribution in [2.45, 2.75) is 48.5 Å². The molecule has 0 saturated carbocycles. The van der Waals surface area contributed by atoms with Crippen LogP contribution < -0.4 is 0 Å². The molecule has 0 spiro atoms. The Morgan fingerprint density at radius 3 is 1.62 bits per heavy atom. The summed E-state index contributed by atoms with van der Waals surface area (Å²) in [7, 11) is 0. The summed E-state index contributed by atoms with van der Waals surface area (Å²) in [6, 6.07) is 0. The lowest BCUT2D eigenvalue weighted by atomic mass is 9.76. The summed E-state index contributed by atoms with van der Waals surface area (Å²) in [5, 5.41) is 0. The van der Waals surface area contributed by atoms with Crippen molar-refractivity contribution in [1.29, 1.82) is 0 Å². The third kappa shape index (κ3) is 5.01. The Bertz CT molecular complexity index is 482. The van der Waals surface area contributed by atoms with Gasteiger partial charge < -0.3 is 0 Å². The number of hydrogen-bond acceptors (Lipinski definition) is 2. The largest absolute Gasteiger partial charge is 0.294 e. The standard InChI is InChI=1S/C19H28O2/c1-9-15(4)19(7,8)17(21)13-11-10-12-16(20)18(5,6)14(2)3/h1,10-15H,2-8H3. The Hall–Kier alpha value is -1.62. The predicted octanol–water partition coefficient (Wildman–Crippen LogP) is 4.21. The van der Waals surface area contributed by atoms with Crippen molar-refractivity contribution >= 4 is 11.6 Å². The van der Waals surface area contributed by atoms with Crippen molar-refractivity contribution in [3.63, 3.8) is 0 Å². The van der Waals surface area contributed by atoms with Gasteiger partial charge in [-0.25, -0.2) is 0 Å². The van der Waals surface area contributed by atoms with Crippen LogP contribution in [0.15, 0.2) is 24.3 Å². The Labute approximate surface area is 129 Å². The van der Waals surface area contributed by atoms with E-state index in [0.717, 1.165) is 0 Å². The van der Waals surface area contributed by atoms with Crippen LogP contribution in [-0.4, -0.2) is 11.6 Å². The minimum Gasteiger partial charge on any atom is -0.294 e. The van der Waals surface area contributed by atoms with E-state index in [-0.39, 0.29) is 23.4 Å². The molecule has 1 unspecified atom stereocenters. The molecule has 0 aromatic rings. The Kier molecular flexibility index (Phi) is 6.83. The second-order valence-electron chi connectivity index (χ2n) is 6.93. The van der Waals surface area contributed by atoms with Crippen LogP contribution in [0.4, 0.5) is 0 Å². The molecule has 0 N–H and O–H groups in total. The first-order chi connectivity index (χ1) is 9.47. The minimum atomic E-state index is -0.597. The van der Waals surface area contributed by atoms with Crippen LogP contribution in [0.25, 0.3) is 0 Å². The molecule has 0 heterocycles. The number of allylic oxidation sites excluding steroid dienone is 4. The molecular formula is C19H28O2. The fourth-order valence-electron chi connectivity index (χ4n) is 1.42. The summed E-state index contributed by atoms with van der Waals surface area (Å²) >= 11 is 0. The van der Waals surface area contributed by atoms with Gasteiger partial charge in [0.05, 0.1) is 0 Å². The maximum atomic E-state index is 12.1. The molecule has 0 aliphatic rings. The van der Waals surface area contributed by atoms with E-state index >= 15 is 0 Å². The lowest BCUT2D eigenvalue weighted by Gasteiger charge is -2.25. The first kappa shape index (κ1) is 19.4. The predicted molar refractivity (Wildman–Crippen MR) is 88.7 cm³/mol. The first-order valence-corrected chi connectivity index (χ1v) is 7.37. The lowest BCUT2D eigenvalue weighted by Crippen LogP contribution is -2.29. The molecule has 0 fully saturated rings. The fourth-order valence-corrected chi connectivity index (χ4v) is 1.42. The van der Waals surface area contributed by atoms with Crippen LogP contribution in [-0.2, 0) is 9.59 Å². The third-order valence-electron chi connectivity index (χ3n) is 4.65. The zero-order valence-electron chi connectivity index (χ0n) is 14.4. The van der Waals surface area contributed by atoms with E-state index in [2.05, 4.69) is 5.92 Å². The molecule has 116 valence electrons. The van der Waals surface area contributed by atoms with Crippen LogP contribution in [0.1, 0.15) is 48.5 Å². The average molecular weight is 288 g/mol. The van der Waals surface area contributed by atoms with Gasteiger partial charge in [-0.15, -0.1) is 12.3 Å². The summed E-state index contributed by atoms with van der Waals surface area (Å²) in [6.07, 6.45) is 11.6. The van der Waals surface area contributed by atoms with E-state index in [0.29, 0.717) is 0 Å². The van der Waals surface area contributed by atoms with Gasteiger partial charge in [-0.3, -0.25) is 9.59 Å². The normalized spacial score (nSPS) is 14.6. The zero-order valence-corrected chi connectivity index (χ0v) is 14.4. The molecule has 0 aliphatic carbocycles. The molecule has 2 heteroatoms. The van der Waals surface area contributed by atoms with Gasteiger partial charge in [0.1, 0.15) is 0 Å². The molecule has 0 radical (unpaired) electrons. The maximum absolute atomic E-state index is 12.1. The van der Waals surface area contributed by atoms with E-state index in [1.807, 2.05) is 48.5 Å². The second-order valence-corrected chi connectivity index (χ2v) is 6.93. The molecular weight excluding hydrogens is 260 g/mol. The monoisotopic (exact) mass is 288 g/mol. The van der Waals surface area contributed by atoms with Gasteiger partial charge >= 0.3 is 0 Å². The van der Waals surface area contributed by atoms with Crippen LogP contribution in [0.2, 0.25) is 0 Å². The molecule has 21 heavy (non-hydrogen) atoms. The number of carbonyl (C=O) groups is 2. The van der Waals surface area contributed by atoms with Crippen molar-refractivity contribution in [3.05, 3.63) is 24.3 Å². The third-order valence-corrected chi connectivity index (χ3v) is 4.65. The number of hydrogen-bond donors (Lipinski definition) is 0. The number of ketones is 2. The summed E-state index contributed by atoms with van der Waals surface area (Å²) in [5.41, 5.74) is -0.994. The van der Waals surface area contributed by atoms with Crippen molar-refractivity contribution in [1.82, 2.24) is 0 Å². The van der Waals surface area contributed by atoms with E-state index in [1.54, 1.807) is 12.2 Å². The highest BCUT2D eigenvalue weighted by Crippen LogP contribution is 2.28. The Balaban J connectivity index is 4.82. The van der Waals surface area contributed by atoms with Gasteiger partial charge in [0.25, 0.3) is 0 Å². The molecule has 2 nitrogen and oxygen atoms in total. The fraction of sp³-hybridized carbons (Fsp3) is 0.579. The number of terminal acetylenes is 1. The van der Waals surface area contributed by atoms with Gasteiger partial charge in [-0.1, -0.05) is 60.6 Å². The summed E-state index contributed by atoms with van der Waals surface area (Å²) in [5.74, 6) is 2.75. The quantitative estimate of drug-likeness (QED) is 0.399. The molecule has 0 rings (SSSR count). The van der Waals surface area contributed by atoms with Crippen molar-refractivity contribution in [2.75, 3.05) is 0 Å². The van der Waals surface area contributed by atoms with Crippen LogP contribution >= 0.6 is 0 Å². The van der Waals surface area contributed by atoms with Gasteiger partial charge in [0, 0.05) is 16.7 Å². The molecule has 0 bridgehead atoms. The Morgan fingerprint density at radius 1 is 0.905 bits per heavy atom. The van der Waals surface area contributed by atoms with Crippen molar-refractivity contribution in [3.8, 4) is 12.3 Å². The zero-order chi connectivity index (χ0) is 16.8. The highest BCUT2D eigenvalue weighted by atomic mass is 16.1. The van der Waals surface area contributed by atoms with Gasteiger partial charge in [-0.2, -0.15) is 0 Å². The lowest BCUT2D eigenvalue weighted by molar-refractivity contribution is -0.124. The van der Waals surface area contributed by atoms with E-state index in [9.17, 15) is 9.59 Å². The maximum Gasteiger partial charge on any atom is 0.162 e. The van der Waals surface area contributed by atoms with Crippen LogP contribution in [0.3, 0.4) is 0 Å². The second kappa shape index (κ2) is 7.41. The highest BCUT2D eigenvalue weighted by molar-refractivity contribution is 5.96. The molecule has 0 saturated heterocycles. The molecule has 0 aliphatic heterocycles. The molecule has 0 amide bonds. The summed E-state index contributed by atoms with van der Waals surface area (Å²) < 4.78 is 0. The topological polar surface area (TPSA) is 34.1 Å². The van der Waals surface area contributed by atoms with Crippen molar-refractivity contribution < 1.29 is 9.59 Å². The average Bonchev–Trinajstić information content (AvgIpc) is 2.41. The molecule has 0 aromatic carbocycles. The summed E-state index contributed by atoms with van der Waals surface area (Å²) in [6.45, 7) is 13.4. The van der Waals surface area contributed by atoms with Crippen LogP contribution in [0.5, 0.6) is 0 Å². The van der Waals surface area contributed by atoms with Crippen LogP contribution in [0, 0.1) is 35.0 Å². The number of carbonyl (C=O) groups excluding carboxylic acids is 2. The van der Waals surface area contributed by atoms with Gasteiger partial charge in [-0.05, 0) is 18.1 Å². The van der Waals surface area contributed by atoms with Crippen molar-refractivity contribution in [2.24, 2.45) is 22.7 Å². The smallest absolute Gasteiger partial charge is 0.162 e. The first-order valence-electron chi connectivity index (χ1n) is 7.37. The van der Waals surface area contributed by atoms with Gasteiger partial charge in [0.2, 0.25) is 0 Å². The highest BCUT2D eigenvalue weighted by Gasteiger charge is 2.31.